The van der Waals surface area contributed by atoms with Gasteiger partial charge in [-0.3, -0.25) is 9.59 Å². The monoisotopic (exact) mass is 402 g/mol. The maximum Gasteiger partial charge on any atom is 0.357 e. The van der Waals surface area contributed by atoms with Crippen LogP contribution in [0, 0.1) is 11.3 Å². The van der Waals surface area contributed by atoms with Crippen LogP contribution in [0.25, 0.3) is 5.69 Å². The van der Waals surface area contributed by atoms with Crippen LogP contribution in [0.5, 0.6) is 0 Å². The first-order valence-electron chi connectivity index (χ1n) is 8.87. The first kappa shape index (κ1) is 20.4. The first-order valence-corrected chi connectivity index (χ1v) is 8.87. The molecule has 0 atom stereocenters. The molecule has 3 rings (SSSR count). The summed E-state index contributed by atoms with van der Waals surface area (Å²) in [7, 11) is 1.21. The summed E-state index contributed by atoms with van der Waals surface area (Å²) in [6, 6.07) is 15.0. The maximum atomic E-state index is 12.7. The number of nitrogen functional groups attached to an aromatic ring is 1. The number of carbonyl (C=O) groups excluding carboxylic acids is 3. The van der Waals surface area contributed by atoms with Crippen LogP contribution in [-0.2, 0) is 4.74 Å². The Morgan fingerprint density at radius 3 is 2.47 bits per heavy atom. The zero-order valence-electron chi connectivity index (χ0n) is 16.3. The number of ketones is 1. The molecule has 8 heteroatoms. The van der Waals surface area contributed by atoms with Crippen LogP contribution >= 0.6 is 0 Å². The van der Waals surface area contributed by atoms with Gasteiger partial charge in [-0.2, -0.15) is 5.26 Å². The third kappa shape index (κ3) is 3.91. The van der Waals surface area contributed by atoms with E-state index in [2.05, 4.69) is 5.32 Å². The first-order chi connectivity index (χ1) is 14.3. The number of carbonyl (C=O) groups is 3. The number of nitriles is 1. The van der Waals surface area contributed by atoms with Gasteiger partial charge in [0.25, 0.3) is 5.91 Å². The molecule has 0 fully saturated rings. The van der Waals surface area contributed by atoms with Gasteiger partial charge < -0.3 is 20.4 Å². The maximum absolute atomic E-state index is 12.7. The fourth-order valence-electron chi connectivity index (χ4n) is 2.93. The number of nitrogens with zero attached hydrogens (tertiary/aromatic N) is 2. The van der Waals surface area contributed by atoms with E-state index in [-0.39, 0.29) is 22.7 Å². The normalized spacial score (nSPS) is 10.2. The Bertz CT molecular complexity index is 1200. The van der Waals surface area contributed by atoms with Crippen molar-refractivity contribution in [3.8, 4) is 11.8 Å². The summed E-state index contributed by atoms with van der Waals surface area (Å²) < 4.78 is 6.18. The summed E-state index contributed by atoms with van der Waals surface area (Å²) in [4.78, 5) is 36.4. The lowest BCUT2D eigenvalue weighted by Gasteiger charge is -2.11. The molecule has 0 bridgehead atoms. The van der Waals surface area contributed by atoms with Gasteiger partial charge in [0.15, 0.2) is 11.5 Å². The van der Waals surface area contributed by atoms with Gasteiger partial charge in [0.1, 0.15) is 6.07 Å². The van der Waals surface area contributed by atoms with Crippen LogP contribution in [0.4, 0.5) is 11.4 Å². The van der Waals surface area contributed by atoms with Crippen molar-refractivity contribution < 1.29 is 19.1 Å². The van der Waals surface area contributed by atoms with Gasteiger partial charge in [-0.25, -0.2) is 4.79 Å². The molecule has 0 aliphatic carbocycles. The number of rotatable bonds is 5. The molecular formula is C22H18N4O4. The van der Waals surface area contributed by atoms with Gasteiger partial charge >= 0.3 is 5.97 Å². The number of hydrogen-bond donors (Lipinski definition) is 2. The van der Waals surface area contributed by atoms with Crippen LogP contribution in [-0.4, -0.2) is 29.3 Å². The van der Waals surface area contributed by atoms with Crippen LogP contribution < -0.4 is 11.1 Å². The molecule has 30 heavy (non-hydrogen) atoms. The molecule has 8 nitrogen and oxygen atoms in total. The Hall–Kier alpha value is -4.38. The molecule has 0 aliphatic heterocycles. The van der Waals surface area contributed by atoms with E-state index in [0.29, 0.717) is 22.5 Å². The van der Waals surface area contributed by atoms with Crippen LogP contribution in [0.2, 0.25) is 0 Å². The van der Waals surface area contributed by atoms with Crippen molar-refractivity contribution in [2.24, 2.45) is 0 Å². The van der Waals surface area contributed by atoms with E-state index in [0.717, 1.165) is 0 Å². The molecule has 1 amide bonds. The molecule has 0 aliphatic rings. The molecule has 1 aromatic heterocycles. The third-order valence-corrected chi connectivity index (χ3v) is 4.46. The Labute approximate surface area is 172 Å². The zero-order chi connectivity index (χ0) is 21.8. The lowest BCUT2D eigenvalue weighted by molar-refractivity contribution is 0.0592. The standard InChI is InChI=1S/C22H18N4O4/c1-13(27)14-5-3-7-17(9-14)25-21(28)15-6-4-8-18(10-15)26-12-16(11-23)19(24)20(26)22(29)30-2/h3-10,12H,24H2,1-2H3,(H,25,28). The molecule has 0 spiro atoms. The topological polar surface area (TPSA) is 127 Å². The van der Waals surface area contributed by atoms with E-state index < -0.39 is 11.9 Å². The van der Waals surface area contributed by atoms with Crippen molar-refractivity contribution >= 4 is 29.0 Å². The number of hydrogen-bond acceptors (Lipinski definition) is 6. The Morgan fingerprint density at radius 2 is 1.80 bits per heavy atom. The van der Waals surface area contributed by atoms with Gasteiger partial charge in [0, 0.05) is 28.7 Å². The number of aromatic nitrogens is 1. The second-order valence-corrected chi connectivity index (χ2v) is 6.42. The molecule has 1 heterocycles. The summed E-state index contributed by atoms with van der Waals surface area (Å²) in [5.41, 5.74) is 7.75. The van der Waals surface area contributed by atoms with E-state index in [9.17, 15) is 19.6 Å². The van der Waals surface area contributed by atoms with Gasteiger partial charge in [-0.1, -0.05) is 18.2 Å². The molecule has 150 valence electrons. The average Bonchev–Trinajstić information content (AvgIpc) is 3.09. The van der Waals surface area contributed by atoms with Crippen molar-refractivity contribution in [2.45, 2.75) is 6.92 Å². The Kier molecular flexibility index (Phi) is 5.65. The van der Waals surface area contributed by atoms with Crippen molar-refractivity contribution in [1.29, 1.82) is 5.26 Å². The SMILES string of the molecule is COC(=O)c1c(N)c(C#N)cn1-c1cccc(C(=O)Nc2cccc(C(C)=O)c2)c1. The predicted octanol–water partition coefficient (Wildman–Crippen LogP) is 3.17. The van der Waals surface area contributed by atoms with E-state index in [4.69, 9.17) is 10.5 Å². The molecular weight excluding hydrogens is 384 g/mol. The molecule has 3 N–H and O–H groups in total. The van der Waals surface area contributed by atoms with Gasteiger partial charge in [-0.15, -0.1) is 0 Å². The number of nitrogens with one attached hydrogen (secondary N) is 1. The fourth-order valence-corrected chi connectivity index (χ4v) is 2.93. The van der Waals surface area contributed by atoms with Gasteiger partial charge in [0.2, 0.25) is 0 Å². The van der Waals surface area contributed by atoms with E-state index >= 15 is 0 Å². The number of benzene rings is 2. The second-order valence-electron chi connectivity index (χ2n) is 6.42. The minimum absolute atomic E-state index is 0.000234. The lowest BCUT2D eigenvalue weighted by Crippen LogP contribution is -2.14. The Morgan fingerprint density at radius 1 is 1.10 bits per heavy atom. The van der Waals surface area contributed by atoms with E-state index in [1.807, 2.05) is 6.07 Å². The van der Waals surface area contributed by atoms with Crippen LogP contribution in [0.3, 0.4) is 0 Å². The molecule has 0 radical (unpaired) electrons. The lowest BCUT2D eigenvalue weighted by atomic mass is 10.1. The van der Waals surface area contributed by atoms with E-state index in [1.165, 1.54) is 24.8 Å². The third-order valence-electron chi connectivity index (χ3n) is 4.46. The fraction of sp³-hybridized carbons (Fsp3) is 0.0909. The summed E-state index contributed by atoms with van der Waals surface area (Å²) in [5.74, 6) is -1.22. The highest BCUT2D eigenvalue weighted by atomic mass is 16.5. The summed E-state index contributed by atoms with van der Waals surface area (Å²) >= 11 is 0. The molecule has 0 unspecified atom stereocenters. The van der Waals surface area contributed by atoms with Crippen molar-refractivity contribution in [2.75, 3.05) is 18.2 Å². The summed E-state index contributed by atoms with van der Waals surface area (Å²) in [5, 5.41) is 12.0. The van der Waals surface area contributed by atoms with E-state index in [1.54, 1.807) is 48.5 Å². The van der Waals surface area contributed by atoms with Crippen molar-refractivity contribution in [3.05, 3.63) is 77.1 Å². The van der Waals surface area contributed by atoms with Gasteiger partial charge in [-0.05, 0) is 37.3 Å². The zero-order valence-corrected chi connectivity index (χ0v) is 16.3. The van der Waals surface area contributed by atoms with Crippen LogP contribution in [0.1, 0.15) is 43.7 Å². The number of Topliss-reactive ketones (excluding diaryl/α,β-unsaturated/α-hetero) is 1. The van der Waals surface area contributed by atoms with Crippen LogP contribution in [0.15, 0.2) is 54.7 Å². The number of esters is 1. The molecule has 0 saturated heterocycles. The summed E-state index contributed by atoms with van der Waals surface area (Å²) in [6.07, 6.45) is 1.41. The number of nitrogens with two attached hydrogens (primary N) is 1. The highest BCUT2D eigenvalue weighted by Crippen LogP contribution is 2.25. The minimum Gasteiger partial charge on any atom is -0.464 e. The number of ether oxygens (including phenoxy) is 1. The quantitative estimate of drug-likeness (QED) is 0.498. The minimum atomic E-state index is -0.704. The predicted molar refractivity (Wildman–Crippen MR) is 111 cm³/mol. The van der Waals surface area contributed by atoms with Gasteiger partial charge in [0.05, 0.1) is 18.4 Å². The van der Waals surface area contributed by atoms with Crippen molar-refractivity contribution in [3.63, 3.8) is 0 Å². The Balaban J connectivity index is 1.97. The number of amides is 1. The number of anilines is 2. The average molecular weight is 402 g/mol. The highest BCUT2D eigenvalue weighted by molar-refractivity contribution is 6.05. The smallest absolute Gasteiger partial charge is 0.357 e. The highest BCUT2D eigenvalue weighted by Gasteiger charge is 2.22. The molecule has 0 saturated carbocycles. The second kappa shape index (κ2) is 8.32. The molecule has 2 aromatic carbocycles. The van der Waals surface area contributed by atoms with Crippen molar-refractivity contribution in [1.82, 2.24) is 4.57 Å². The molecule has 3 aromatic rings. The summed E-state index contributed by atoms with van der Waals surface area (Å²) in [6.45, 7) is 1.45. The number of methoxy groups -OCH3 is 1. The largest absolute Gasteiger partial charge is 0.464 e.